The lowest BCUT2D eigenvalue weighted by molar-refractivity contribution is 0.1000. The molecule has 104 valence electrons. The van der Waals surface area contributed by atoms with E-state index in [1.54, 1.807) is 12.3 Å². The first kappa shape index (κ1) is 13.9. The zero-order chi connectivity index (χ0) is 14.5. The van der Waals surface area contributed by atoms with E-state index in [4.69, 9.17) is 11.5 Å². The molecular weight excluding hydrogens is 252 g/mol. The van der Waals surface area contributed by atoms with E-state index in [-0.39, 0.29) is 0 Å². The fourth-order valence-electron chi connectivity index (χ4n) is 2.01. The van der Waals surface area contributed by atoms with Crippen LogP contribution >= 0.6 is 0 Å². The Kier molecular flexibility index (Phi) is 4.20. The normalized spacial score (nSPS) is 10.2. The first-order chi connectivity index (χ1) is 9.58. The summed E-state index contributed by atoms with van der Waals surface area (Å²) in [5.74, 6) is 0.0681. The molecule has 0 atom stereocenters. The van der Waals surface area contributed by atoms with E-state index in [9.17, 15) is 4.79 Å². The van der Waals surface area contributed by atoms with E-state index in [1.807, 2.05) is 31.2 Å². The van der Waals surface area contributed by atoms with Gasteiger partial charge >= 0.3 is 0 Å². The third-order valence-electron chi connectivity index (χ3n) is 3.09. The molecule has 0 unspecified atom stereocenters. The lowest BCUT2D eigenvalue weighted by atomic mass is 10.1. The molecule has 0 aliphatic rings. The van der Waals surface area contributed by atoms with E-state index >= 15 is 0 Å². The van der Waals surface area contributed by atoms with Gasteiger partial charge in [0, 0.05) is 18.4 Å². The van der Waals surface area contributed by atoms with Crippen molar-refractivity contribution in [3.63, 3.8) is 0 Å². The van der Waals surface area contributed by atoms with Gasteiger partial charge in [-0.05, 0) is 42.7 Å². The van der Waals surface area contributed by atoms with Crippen LogP contribution in [0.4, 0.5) is 11.5 Å². The number of hydrogen-bond donors (Lipinski definition) is 3. The van der Waals surface area contributed by atoms with Crippen molar-refractivity contribution in [2.24, 2.45) is 5.73 Å². The summed E-state index contributed by atoms with van der Waals surface area (Å²) in [7, 11) is 0. The van der Waals surface area contributed by atoms with Crippen molar-refractivity contribution in [1.82, 2.24) is 4.98 Å². The van der Waals surface area contributed by atoms with Crippen molar-refractivity contribution in [1.29, 1.82) is 0 Å². The summed E-state index contributed by atoms with van der Waals surface area (Å²) in [6.07, 6.45) is 2.47. The van der Waals surface area contributed by atoms with Gasteiger partial charge in [0.1, 0.15) is 5.82 Å². The van der Waals surface area contributed by atoms with Gasteiger partial charge in [-0.3, -0.25) is 4.79 Å². The number of hydrogen-bond acceptors (Lipinski definition) is 4. The summed E-state index contributed by atoms with van der Waals surface area (Å²) < 4.78 is 0. The molecule has 5 N–H and O–H groups in total. The second-order valence-electron chi connectivity index (χ2n) is 4.63. The number of carbonyl (C=O) groups excluding carboxylic acids is 1. The summed E-state index contributed by atoms with van der Waals surface area (Å²) in [6.45, 7) is 2.51. The SMILES string of the molecule is Cc1ccnc(NCCc2ccc(N)cc2)c1C(N)=O. The number of aryl methyl sites for hydroxylation is 1. The molecule has 2 aromatic rings. The minimum absolute atomic E-state index is 0.449. The lowest BCUT2D eigenvalue weighted by Crippen LogP contribution is -2.18. The Bertz CT molecular complexity index is 608. The highest BCUT2D eigenvalue weighted by Crippen LogP contribution is 2.16. The van der Waals surface area contributed by atoms with Gasteiger partial charge in [0.15, 0.2) is 0 Å². The molecule has 1 heterocycles. The largest absolute Gasteiger partial charge is 0.399 e. The number of nitrogens with one attached hydrogen (secondary N) is 1. The summed E-state index contributed by atoms with van der Waals surface area (Å²) in [5, 5.41) is 3.16. The van der Waals surface area contributed by atoms with Crippen molar-refractivity contribution >= 4 is 17.4 Å². The third-order valence-corrected chi connectivity index (χ3v) is 3.09. The number of nitrogen functional groups attached to an aromatic ring is 1. The van der Waals surface area contributed by atoms with Gasteiger partial charge in [-0.2, -0.15) is 0 Å². The standard InChI is InChI=1S/C15H18N4O/c1-10-6-8-18-15(13(10)14(17)20)19-9-7-11-2-4-12(16)5-3-11/h2-6,8H,7,9,16H2,1H3,(H2,17,20)(H,18,19). The van der Waals surface area contributed by atoms with Crippen molar-refractivity contribution < 1.29 is 4.79 Å². The minimum Gasteiger partial charge on any atom is -0.399 e. The molecular formula is C15H18N4O. The molecule has 0 fully saturated rings. The monoisotopic (exact) mass is 270 g/mol. The van der Waals surface area contributed by atoms with E-state index in [0.717, 1.165) is 17.7 Å². The molecule has 0 spiro atoms. The molecule has 20 heavy (non-hydrogen) atoms. The number of amides is 1. The second kappa shape index (κ2) is 6.06. The summed E-state index contributed by atoms with van der Waals surface area (Å²) >= 11 is 0. The molecule has 0 saturated heterocycles. The Morgan fingerprint density at radius 1 is 1.25 bits per heavy atom. The first-order valence-corrected chi connectivity index (χ1v) is 6.41. The lowest BCUT2D eigenvalue weighted by Gasteiger charge is -2.11. The highest BCUT2D eigenvalue weighted by atomic mass is 16.1. The van der Waals surface area contributed by atoms with Crippen LogP contribution in [-0.4, -0.2) is 17.4 Å². The fraction of sp³-hybridized carbons (Fsp3) is 0.200. The number of pyridine rings is 1. The summed E-state index contributed by atoms with van der Waals surface area (Å²) in [4.78, 5) is 15.6. The average Bonchev–Trinajstić information content (AvgIpc) is 2.40. The molecule has 2 rings (SSSR count). The van der Waals surface area contributed by atoms with Crippen molar-refractivity contribution in [2.45, 2.75) is 13.3 Å². The Labute approximate surface area is 118 Å². The number of nitrogens with zero attached hydrogens (tertiary/aromatic N) is 1. The zero-order valence-corrected chi connectivity index (χ0v) is 11.4. The maximum atomic E-state index is 11.4. The summed E-state index contributed by atoms with van der Waals surface area (Å²) in [6, 6.07) is 9.47. The van der Waals surface area contributed by atoms with Crippen LogP contribution in [0, 0.1) is 6.92 Å². The van der Waals surface area contributed by atoms with E-state index in [2.05, 4.69) is 10.3 Å². The molecule has 5 nitrogen and oxygen atoms in total. The fourth-order valence-corrected chi connectivity index (χ4v) is 2.01. The molecule has 0 bridgehead atoms. The molecule has 1 aromatic carbocycles. The summed E-state index contributed by atoms with van der Waals surface area (Å²) in [5.41, 5.74) is 14.2. The molecule has 1 amide bonds. The van der Waals surface area contributed by atoms with Crippen LogP contribution in [-0.2, 0) is 6.42 Å². The molecule has 0 radical (unpaired) electrons. The molecule has 5 heteroatoms. The smallest absolute Gasteiger partial charge is 0.252 e. The van der Waals surface area contributed by atoms with Crippen LogP contribution in [0.25, 0.3) is 0 Å². The van der Waals surface area contributed by atoms with Crippen molar-refractivity contribution in [3.8, 4) is 0 Å². The maximum absolute atomic E-state index is 11.4. The van der Waals surface area contributed by atoms with Crippen LogP contribution < -0.4 is 16.8 Å². The Morgan fingerprint density at radius 2 is 1.95 bits per heavy atom. The van der Waals surface area contributed by atoms with E-state index in [0.29, 0.717) is 17.9 Å². The number of benzene rings is 1. The zero-order valence-electron chi connectivity index (χ0n) is 11.4. The highest BCUT2D eigenvalue weighted by Gasteiger charge is 2.11. The Hall–Kier alpha value is -2.56. The number of anilines is 2. The topological polar surface area (TPSA) is 94.0 Å². The Balaban J connectivity index is 2.02. The van der Waals surface area contributed by atoms with Gasteiger partial charge in [0.05, 0.1) is 5.56 Å². The molecule has 0 aliphatic heterocycles. The van der Waals surface area contributed by atoms with Gasteiger partial charge < -0.3 is 16.8 Å². The van der Waals surface area contributed by atoms with E-state index in [1.165, 1.54) is 5.56 Å². The van der Waals surface area contributed by atoms with Gasteiger partial charge in [-0.25, -0.2) is 4.98 Å². The number of primary amides is 1. The predicted octanol–water partition coefficient (Wildman–Crippen LogP) is 1.73. The van der Waals surface area contributed by atoms with Crippen LogP contribution in [0.15, 0.2) is 36.5 Å². The van der Waals surface area contributed by atoms with Crippen LogP contribution in [0.1, 0.15) is 21.5 Å². The van der Waals surface area contributed by atoms with Gasteiger partial charge in [0.25, 0.3) is 5.91 Å². The maximum Gasteiger partial charge on any atom is 0.252 e. The molecule has 0 saturated carbocycles. The number of carbonyl (C=O) groups is 1. The second-order valence-corrected chi connectivity index (χ2v) is 4.63. The third kappa shape index (κ3) is 3.26. The Morgan fingerprint density at radius 3 is 2.60 bits per heavy atom. The molecule has 1 aromatic heterocycles. The number of rotatable bonds is 5. The van der Waals surface area contributed by atoms with Crippen LogP contribution in [0.5, 0.6) is 0 Å². The van der Waals surface area contributed by atoms with Crippen molar-refractivity contribution in [2.75, 3.05) is 17.6 Å². The van der Waals surface area contributed by atoms with Crippen molar-refractivity contribution in [3.05, 3.63) is 53.2 Å². The first-order valence-electron chi connectivity index (χ1n) is 6.41. The van der Waals surface area contributed by atoms with Gasteiger partial charge in [-0.15, -0.1) is 0 Å². The highest BCUT2D eigenvalue weighted by molar-refractivity contribution is 5.98. The molecule has 0 aliphatic carbocycles. The number of nitrogens with two attached hydrogens (primary N) is 2. The average molecular weight is 270 g/mol. The van der Waals surface area contributed by atoms with Gasteiger partial charge in [-0.1, -0.05) is 12.1 Å². The quantitative estimate of drug-likeness (QED) is 0.721. The minimum atomic E-state index is -0.467. The van der Waals surface area contributed by atoms with E-state index < -0.39 is 5.91 Å². The van der Waals surface area contributed by atoms with Gasteiger partial charge in [0.2, 0.25) is 0 Å². The van der Waals surface area contributed by atoms with Crippen LogP contribution in [0.3, 0.4) is 0 Å². The number of aromatic nitrogens is 1. The van der Waals surface area contributed by atoms with Crippen LogP contribution in [0.2, 0.25) is 0 Å². The predicted molar refractivity (Wildman–Crippen MR) is 80.5 cm³/mol.